The monoisotopic (exact) mass is 470 g/mol. The summed E-state index contributed by atoms with van der Waals surface area (Å²) in [4.78, 5) is 5.15. The van der Waals surface area contributed by atoms with E-state index in [1.807, 2.05) is 0 Å². The van der Waals surface area contributed by atoms with Crippen LogP contribution in [-0.2, 0) is 13.1 Å². The lowest BCUT2D eigenvalue weighted by Gasteiger charge is -2.35. The number of fused-ring (bicyclic) bond motifs is 1. The molecule has 0 N–H and O–H groups in total. The van der Waals surface area contributed by atoms with Gasteiger partial charge in [0.25, 0.3) is 0 Å². The molecule has 0 radical (unpaired) electrons. The molecule has 4 nitrogen and oxygen atoms in total. The molecule has 2 heterocycles. The fraction of sp³-hybridized carbons (Fsp3) is 0.419. The Hall–Kier alpha value is -2.82. The summed E-state index contributed by atoms with van der Waals surface area (Å²) in [5.74, 6) is 2.23. The molecule has 0 aliphatic carbocycles. The van der Waals surface area contributed by atoms with Crippen molar-refractivity contribution in [3.8, 4) is 11.5 Å². The normalized spacial score (nSPS) is 18.7. The third-order valence-electron chi connectivity index (χ3n) is 7.43. The van der Waals surface area contributed by atoms with E-state index in [0.717, 1.165) is 50.7 Å². The number of piperidine rings is 1. The average Bonchev–Trinajstić information content (AvgIpc) is 2.92. The molecule has 184 valence electrons. The van der Waals surface area contributed by atoms with Gasteiger partial charge < -0.3 is 14.4 Å². The van der Waals surface area contributed by atoms with E-state index in [2.05, 4.69) is 82.6 Å². The van der Waals surface area contributed by atoms with Crippen LogP contribution in [0.25, 0.3) is 0 Å². The molecular weight excluding hydrogens is 432 g/mol. The van der Waals surface area contributed by atoms with Gasteiger partial charge in [0.1, 0.15) is 11.5 Å². The van der Waals surface area contributed by atoms with Gasteiger partial charge in [-0.3, -0.25) is 4.90 Å². The highest BCUT2D eigenvalue weighted by atomic mass is 16.5. The zero-order chi connectivity index (χ0) is 23.9. The minimum atomic E-state index is 0.335. The fourth-order valence-corrected chi connectivity index (χ4v) is 5.56. The van der Waals surface area contributed by atoms with E-state index in [1.54, 1.807) is 7.11 Å². The van der Waals surface area contributed by atoms with E-state index in [-0.39, 0.29) is 0 Å². The van der Waals surface area contributed by atoms with Crippen molar-refractivity contribution in [3.63, 3.8) is 0 Å². The molecule has 3 aromatic rings. The second-order valence-electron chi connectivity index (χ2n) is 9.95. The molecule has 1 saturated heterocycles. The summed E-state index contributed by atoms with van der Waals surface area (Å²) in [6, 6.07) is 26.1. The van der Waals surface area contributed by atoms with Gasteiger partial charge in [-0.25, -0.2) is 0 Å². The number of methoxy groups -OCH3 is 1. The molecule has 0 saturated carbocycles. The maximum absolute atomic E-state index is 6.23. The van der Waals surface area contributed by atoms with Gasteiger partial charge in [-0.2, -0.15) is 0 Å². The van der Waals surface area contributed by atoms with E-state index in [1.165, 1.54) is 54.6 Å². The number of ether oxygens (including phenoxy) is 2. The zero-order valence-electron chi connectivity index (χ0n) is 21.0. The van der Waals surface area contributed by atoms with E-state index in [9.17, 15) is 0 Å². The first kappa shape index (κ1) is 23.9. The predicted molar refractivity (Wildman–Crippen MR) is 142 cm³/mol. The summed E-state index contributed by atoms with van der Waals surface area (Å²) in [6.45, 7) is 7.34. The molecule has 0 amide bonds. The first-order chi connectivity index (χ1) is 17.3. The van der Waals surface area contributed by atoms with Crippen molar-refractivity contribution in [1.82, 2.24) is 9.80 Å². The quantitative estimate of drug-likeness (QED) is 0.353. The largest absolute Gasteiger partial charge is 0.497 e. The van der Waals surface area contributed by atoms with Crippen molar-refractivity contribution in [1.29, 1.82) is 0 Å². The summed E-state index contributed by atoms with van der Waals surface area (Å²) in [5.41, 5.74) is 5.48. The van der Waals surface area contributed by atoms with Gasteiger partial charge >= 0.3 is 0 Å². The molecule has 1 unspecified atom stereocenters. The number of benzene rings is 3. The van der Waals surface area contributed by atoms with Crippen LogP contribution in [0.5, 0.6) is 11.5 Å². The molecule has 0 spiro atoms. The van der Waals surface area contributed by atoms with E-state index >= 15 is 0 Å². The van der Waals surface area contributed by atoms with E-state index < -0.39 is 0 Å². The highest BCUT2D eigenvalue weighted by Crippen LogP contribution is 2.36. The number of likely N-dealkylation sites (tertiary alicyclic amines) is 1. The van der Waals surface area contributed by atoms with Crippen molar-refractivity contribution in [2.75, 3.05) is 39.9 Å². The molecule has 0 aromatic heterocycles. The first-order valence-electron chi connectivity index (χ1n) is 13.2. The van der Waals surface area contributed by atoms with Crippen LogP contribution in [0.1, 0.15) is 53.9 Å². The third-order valence-corrected chi connectivity index (χ3v) is 7.43. The zero-order valence-corrected chi connectivity index (χ0v) is 21.0. The average molecular weight is 471 g/mol. The fourth-order valence-electron chi connectivity index (χ4n) is 5.56. The van der Waals surface area contributed by atoms with Crippen LogP contribution < -0.4 is 9.47 Å². The van der Waals surface area contributed by atoms with Gasteiger partial charge in [0, 0.05) is 32.1 Å². The molecule has 0 bridgehead atoms. The maximum atomic E-state index is 6.23. The summed E-state index contributed by atoms with van der Waals surface area (Å²) in [7, 11) is 1.72. The Morgan fingerprint density at radius 1 is 0.829 bits per heavy atom. The van der Waals surface area contributed by atoms with Crippen molar-refractivity contribution < 1.29 is 9.47 Å². The minimum Gasteiger partial charge on any atom is -0.497 e. The molecule has 2 aliphatic heterocycles. The standard InChI is InChI=1S/C31H38N2O2/c1-34-28-13-11-26(12-14-28)31-24-33(22-25-9-4-2-5-10-25)23-27-21-29(15-16-30(27)31)35-20-8-19-32-17-6-3-7-18-32/h2,4-5,9-16,21,31H,3,6-8,17-20,22-24H2,1H3. The second kappa shape index (κ2) is 11.7. The minimum absolute atomic E-state index is 0.335. The van der Waals surface area contributed by atoms with Crippen LogP contribution >= 0.6 is 0 Å². The molecule has 2 aliphatic rings. The van der Waals surface area contributed by atoms with Crippen LogP contribution in [0.2, 0.25) is 0 Å². The Balaban J connectivity index is 1.30. The van der Waals surface area contributed by atoms with Crippen molar-refractivity contribution in [2.45, 2.75) is 44.7 Å². The molecule has 3 aromatic carbocycles. The Bertz CT molecular complexity index is 1060. The van der Waals surface area contributed by atoms with Crippen molar-refractivity contribution in [2.24, 2.45) is 0 Å². The highest BCUT2D eigenvalue weighted by Gasteiger charge is 2.27. The van der Waals surface area contributed by atoms with Gasteiger partial charge in [-0.15, -0.1) is 0 Å². The van der Waals surface area contributed by atoms with Crippen molar-refractivity contribution in [3.05, 3.63) is 95.1 Å². The van der Waals surface area contributed by atoms with Crippen LogP contribution in [0.15, 0.2) is 72.8 Å². The van der Waals surface area contributed by atoms with Crippen molar-refractivity contribution >= 4 is 0 Å². The maximum Gasteiger partial charge on any atom is 0.119 e. The summed E-state index contributed by atoms with van der Waals surface area (Å²) >= 11 is 0. The Morgan fingerprint density at radius 3 is 2.37 bits per heavy atom. The number of hydrogen-bond acceptors (Lipinski definition) is 4. The molecule has 1 atom stereocenters. The smallest absolute Gasteiger partial charge is 0.119 e. The molecular formula is C31H38N2O2. The predicted octanol–water partition coefficient (Wildman–Crippen LogP) is 6.10. The van der Waals surface area contributed by atoms with Gasteiger partial charge in [0.15, 0.2) is 0 Å². The lowest BCUT2D eigenvalue weighted by Crippen LogP contribution is -2.33. The number of nitrogens with zero attached hydrogens (tertiary/aromatic N) is 2. The van der Waals surface area contributed by atoms with Gasteiger partial charge in [0.2, 0.25) is 0 Å². The van der Waals surface area contributed by atoms with E-state index in [4.69, 9.17) is 9.47 Å². The van der Waals surface area contributed by atoms with E-state index in [0.29, 0.717) is 5.92 Å². The Kier molecular flexibility index (Phi) is 8.02. The van der Waals surface area contributed by atoms with Crippen LogP contribution in [0, 0.1) is 0 Å². The highest BCUT2D eigenvalue weighted by molar-refractivity contribution is 5.45. The number of rotatable bonds is 9. The van der Waals surface area contributed by atoms with Crippen LogP contribution in [0.3, 0.4) is 0 Å². The summed E-state index contributed by atoms with van der Waals surface area (Å²) in [5, 5.41) is 0. The van der Waals surface area contributed by atoms with Gasteiger partial charge in [-0.05, 0) is 78.9 Å². The first-order valence-corrected chi connectivity index (χ1v) is 13.2. The van der Waals surface area contributed by atoms with Crippen LogP contribution in [-0.4, -0.2) is 49.7 Å². The Labute approximate surface area is 210 Å². The SMILES string of the molecule is COc1ccc(C2CN(Cc3ccccc3)Cc3cc(OCCCN4CCCCC4)ccc32)cc1. The molecule has 35 heavy (non-hydrogen) atoms. The Morgan fingerprint density at radius 2 is 1.60 bits per heavy atom. The number of hydrogen-bond donors (Lipinski definition) is 0. The lowest BCUT2D eigenvalue weighted by atomic mass is 9.84. The summed E-state index contributed by atoms with van der Waals surface area (Å²) in [6.07, 6.45) is 5.17. The topological polar surface area (TPSA) is 24.9 Å². The molecule has 4 heteroatoms. The van der Waals surface area contributed by atoms with Crippen LogP contribution in [0.4, 0.5) is 0 Å². The lowest BCUT2D eigenvalue weighted by molar-refractivity contribution is 0.204. The molecule has 1 fully saturated rings. The van der Waals surface area contributed by atoms with Gasteiger partial charge in [-0.1, -0.05) is 55.0 Å². The third kappa shape index (κ3) is 6.25. The van der Waals surface area contributed by atoms with Gasteiger partial charge in [0.05, 0.1) is 13.7 Å². The summed E-state index contributed by atoms with van der Waals surface area (Å²) < 4.78 is 11.6. The molecule has 5 rings (SSSR count). The second-order valence-corrected chi connectivity index (χ2v) is 9.95.